The number of nitrogens with one attached hydrogen (secondary N) is 2. The fraction of sp³-hybridized carbons (Fsp3) is 0.150. The van der Waals surface area contributed by atoms with Crippen LogP contribution in [-0.2, 0) is 11.2 Å². The standard InChI is InChI=1S/C20H20N4O2S/c1-13(21)14-7-9-16(10-8-14)22-18(25)11-17-12-27-20(23-17)24-19(26)15-5-3-2-4-6-15/h2-10,12-13H,11,21H2,1H3,(H,22,25)(H,23,24,26). The Labute approximate surface area is 161 Å². The van der Waals surface area contributed by atoms with Crippen molar-refractivity contribution in [1.82, 2.24) is 4.98 Å². The van der Waals surface area contributed by atoms with E-state index < -0.39 is 0 Å². The van der Waals surface area contributed by atoms with Crippen LogP contribution in [0.25, 0.3) is 0 Å². The highest BCUT2D eigenvalue weighted by Crippen LogP contribution is 2.18. The average Bonchev–Trinajstić information content (AvgIpc) is 3.09. The fourth-order valence-corrected chi connectivity index (χ4v) is 3.15. The van der Waals surface area contributed by atoms with E-state index >= 15 is 0 Å². The monoisotopic (exact) mass is 380 g/mol. The molecule has 0 aliphatic heterocycles. The zero-order valence-electron chi connectivity index (χ0n) is 14.8. The van der Waals surface area contributed by atoms with Gasteiger partial charge in [-0.15, -0.1) is 11.3 Å². The maximum Gasteiger partial charge on any atom is 0.257 e. The summed E-state index contributed by atoms with van der Waals surface area (Å²) in [6.45, 7) is 1.91. The maximum atomic E-state index is 12.2. The largest absolute Gasteiger partial charge is 0.326 e. The topological polar surface area (TPSA) is 97.1 Å². The Morgan fingerprint density at radius 2 is 1.78 bits per heavy atom. The lowest BCUT2D eigenvalue weighted by Gasteiger charge is -2.08. The fourth-order valence-electron chi connectivity index (χ4n) is 2.44. The first-order valence-electron chi connectivity index (χ1n) is 8.47. The van der Waals surface area contributed by atoms with E-state index in [2.05, 4.69) is 15.6 Å². The Balaban J connectivity index is 1.55. The summed E-state index contributed by atoms with van der Waals surface area (Å²) in [5.41, 5.74) is 8.69. The van der Waals surface area contributed by atoms with Gasteiger partial charge in [-0.25, -0.2) is 4.98 Å². The molecule has 0 aliphatic carbocycles. The third-order valence-electron chi connectivity index (χ3n) is 3.87. The van der Waals surface area contributed by atoms with Crippen LogP contribution in [0.3, 0.4) is 0 Å². The highest BCUT2D eigenvalue weighted by atomic mass is 32.1. The minimum Gasteiger partial charge on any atom is -0.326 e. The summed E-state index contributed by atoms with van der Waals surface area (Å²) >= 11 is 1.29. The quantitative estimate of drug-likeness (QED) is 0.609. The van der Waals surface area contributed by atoms with Gasteiger partial charge in [0.1, 0.15) is 0 Å². The molecule has 0 saturated carbocycles. The molecular formula is C20H20N4O2S. The van der Waals surface area contributed by atoms with Crippen molar-refractivity contribution in [2.75, 3.05) is 10.6 Å². The Hall–Kier alpha value is -3.03. The molecule has 2 aromatic carbocycles. The molecule has 1 unspecified atom stereocenters. The number of benzene rings is 2. The number of amides is 2. The zero-order chi connectivity index (χ0) is 19.2. The van der Waals surface area contributed by atoms with Gasteiger partial charge in [0, 0.05) is 22.7 Å². The molecule has 27 heavy (non-hydrogen) atoms. The molecule has 4 N–H and O–H groups in total. The molecule has 3 rings (SSSR count). The number of rotatable bonds is 6. The molecule has 0 aliphatic rings. The van der Waals surface area contributed by atoms with E-state index in [0.717, 1.165) is 5.56 Å². The number of thiazole rings is 1. The normalized spacial score (nSPS) is 11.6. The number of nitrogens with zero attached hydrogens (tertiary/aromatic N) is 1. The summed E-state index contributed by atoms with van der Waals surface area (Å²) in [5, 5.41) is 7.80. The lowest BCUT2D eigenvalue weighted by Crippen LogP contribution is -2.15. The lowest BCUT2D eigenvalue weighted by atomic mass is 10.1. The van der Waals surface area contributed by atoms with Crippen molar-refractivity contribution >= 4 is 34.0 Å². The van der Waals surface area contributed by atoms with E-state index in [-0.39, 0.29) is 24.3 Å². The van der Waals surface area contributed by atoms with Crippen molar-refractivity contribution in [3.63, 3.8) is 0 Å². The Kier molecular flexibility index (Phi) is 5.95. The summed E-state index contributed by atoms with van der Waals surface area (Å²) < 4.78 is 0. The number of aromatic nitrogens is 1. The molecule has 2 amide bonds. The predicted octanol–water partition coefficient (Wildman–Crippen LogP) is 3.60. The van der Waals surface area contributed by atoms with Crippen molar-refractivity contribution < 1.29 is 9.59 Å². The summed E-state index contributed by atoms with van der Waals surface area (Å²) in [4.78, 5) is 28.6. The zero-order valence-corrected chi connectivity index (χ0v) is 15.6. The Morgan fingerprint density at radius 1 is 1.07 bits per heavy atom. The van der Waals surface area contributed by atoms with Crippen molar-refractivity contribution in [1.29, 1.82) is 0 Å². The second kappa shape index (κ2) is 8.57. The van der Waals surface area contributed by atoms with Gasteiger partial charge in [-0.05, 0) is 36.8 Å². The van der Waals surface area contributed by atoms with Crippen molar-refractivity contribution in [3.05, 3.63) is 76.8 Å². The minimum absolute atomic E-state index is 0.0470. The number of anilines is 2. The van der Waals surface area contributed by atoms with Gasteiger partial charge in [0.15, 0.2) is 5.13 Å². The van der Waals surface area contributed by atoms with Crippen LogP contribution in [0.2, 0.25) is 0 Å². The van der Waals surface area contributed by atoms with E-state index in [0.29, 0.717) is 22.1 Å². The number of carbonyl (C=O) groups excluding carboxylic acids is 2. The number of carbonyl (C=O) groups is 2. The summed E-state index contributed by atoms with van der Waals surface area (Å²) in [6, 6.07) is 16.3. The molecule has 6 nitrogen and oxygen atoms in total. The Bertz CT molecular complexity index is 921. The van der Waals surface area contributed by atoms with E-state index in [1.54, 1.807) is 29.6 Å². The molecule has 3 aromatic rings. The highest BCUT2D eigenvalue weighted by Gasteiger charge is 2.11. The van der Waals surface area contributed by atoms with Crippen molar-refractivity contribution in [2.45, 2.75) is 19.4 Å². The predicted molar refractivity (Wildman–Crippen MR) is 108 cm³/mol. The van der Waals surface area contributed by atoms with Crippen LogP contribution < -0.4 is 16.4 Å². The van der Waals surface area contributed by atoms with Crippen LogP contribution in [0.4, 0.5) is 10.8 Å². The van der Waals surface area contributed by atoms with Crippen LogP contribution in [0.15, 0.2) is 60.0 Å². The number of hydrogen-bond donors (Lipinski definition) is 3. The number of hydrogen-bond acceptors (Lipinski definition) is 5. The number of nitrogens with two attached hydrogens (primary N) is 1. The molecular weight excluding hydrogens is 360 g/mol. The van der Waals surface area contributed by atoms with Gasteiger partial charge in [0.2, 0.25) is 5.91 Å². The lowest BCUT2D eigenvalue weighted by molar-refractivity contribution is -0.115. The van der Waals surface area contributed by atoms with Crippen LogP contribution in [0, 0.1) is 0 Å². The van der Waals surface area contributed by atoms with Crippen LogP contribution in [-0.4, -0.2) is 16.8 Å². The minimum atomic E-state index is -0.227. The molecule has 1 atom stereocenters. The summed E-state index contributed by atoms with van der Waals surface area (Å²) in [6.07, 6.45) is 0.132. The van der Waals surface area contributed by atoms with E-state index in [4.69, 9.17) is 5.73 Å². The first kappa shape index (κ1) is 18.8. The first-order valence-corrected chi connectivity index (χ1v) is 9.35. The smallest absolute Gasteiger partial charge is 0.257 e. The molecule has 1 heterocycles. The van der Waals surface area contributed by atoms with Gasteiger partial charge < -0.3 is 11.1 Å². The van der Waals surface area contributed by atoms with Gasteiger partial charge in [0.25, 0.3) is 5.91 Å². The van der Waals surface area contributed by atoms with Crippen LogP contribution >= 0.6 is 11.3 Å². The van der Waals surface area contributed by atoms with Gasteiger partial charge >= 0.3 is 0 Å². The summed E-state index contributed by atoms with van der Waals surface area (Å²) in [7, 11) is 0. The Morgan fingerprint density at radius 3 is 2.44 bits per heavy atom. The third kappa shape index (κ3) is 5.22. The molecule has 0 bridgehead atoms. The molecule has 0 fully saturated rings. The van der Waals surface area contributed by atoms with Gasteiger partial charge in [-0.1, -0.05) is 30.3 Å². The van der Waals surface area contributed by atoms with Gasteiger partial charge in [0.05, 0.1) is 12.1 Å². The molecule has 0 saturated heterocycles. The van der Waals surface area contributed by atoms with Crippen LogP contribution in [0.5, 0.6) is 0 Å². The second-order valence-corrected chi connectivity index (χ2v) is 6.96. The van der Waals surface area contributed by atoms with E-state index in [9.17, 15) is 9.59 Å². The first-order chi connectivity index (χ1) is 13.0. The molecule has 138 valence electrons. The highest BCUT2D eigenvalue weighted by molar-refractivity contribution is 7.14. The maximum absolute atomic E-state index is 12.2. The molecule has 0 spiro atoms. The SMILES string of the molecule is CC(N)c1ccc(NC(=O)Cc2csc(NC(=O)c3ccccc3)n2)cc1. The van der Waals surface area contributed by atoms with Crippen molar-refractivity contribution in [2.24, 2.45) is 5.73 Å². The second-order valence-electron chi connectivity index (χ2n) is 6.10. The van der Waals surface area contributed by atoms with Gasteiger partial charge in [-0.2, -0.15) is 0 Å². The molecule has 0 radical (unpaired) electrons. The van der Waals surface area contributed by atoms with E-state index in [1.807, 2.05) is 37.3 Å². The third-order valence-corrected chi connectivity index (χ3v) is 4.68. The average molecular weight is 380 g/mol. The molecule has 7 heteroatoms. The van der Waals surface area contributed by atoms with Crippen molar-refractivity contribution in [3.8, 4) is 0 Å². The molecule has 1 aromatic heterocycles. The summed E-state index contributed by atoms with van der Waals surface area (Å²) in [5.74, 6) is -0.398. The van der Waals surface area contributed by atoms with Crippen LogP contribution in [0.1, 0.15) is 34.6 Å². The van der Waals surface area contributed by atoms with E-state index in [1.165, 1.54) is 11.3 Å². The van der Waals surface area contributed by atoms with Gasteiger partial charge in [-0.3, -0.25) is 14.9 Å².